The number of nitrogens with one attached hydrogen (secondary N) is 7. The van der Waals surface area contributed by atoms with Crippen molar-refractivity contribution in [1.29, 1.82) is 0 Å². The summed E-state index contributed by atoms with van der Waals surface area (Å²) in [5.74, 6) is -5.10. The molecule has 2 aliphatic rings. The fourth-order valence-electron chi connectivity index (χ4n) is 6.32. The summed E-state index contributed by atoms with van der Waals surface area (Å²) in [5, 5.41) is 18.3. The van der Waals surface area contributed by atoms with E-state index in [0.29, 0.717) is 37.8 Å². The highest BCUT2D eigenvalue weighted by Gasteiger charge is 2.35. The van der Waals surface area contributed by atoms with Gasteiger partial charge in [-0.15, -0.1) is 0 Å². The zero-order chi connectivity index (χ0) is 37.2. The second kappa shape index (κ2) is 21.7. The highest BCUT2D eigenvalue weighted by Crippen LogP contribution is 2.27. The van der Waals surface area contributed by atoms with Crippen LogP contribution >= 0.6 is 9.39 Å². The molecular formula is C35H52N7O8P. The van der Waals surface area contributed by atoms with Crippen LogP contribution in [0.4, 0.5) is 0 Å². The van der Waals surface area contributed by atoms with Gasteiger partial charge >= 0.3 is 0 Å². The van der Waals surface area contributed by atoms with Crippen molar-refractivity contribution in [1.82, 2.24) is 37.0 Å². The fraction of sp³-hybridized carbons (Fsp3) is 0.600. The van der Waals surface area contributed by atoms with Crippen LogP contribution in [0.5, 0.6) is 0 Å². The molecule has 1 aromatic carbocycles. The molecule has 1 saturated heterocycles. The highest BCUT2D eigenvalue weighted by molar-refractivity contribution is 7.15. The molecule has 5 atom stereocenters. The molecule has 16 heteroatoms. The van der Waals surface area contributed by atoms with Gasteiger partial charge in [0.25, 0.3) is 5.91 Å². The van der Waals surface area contributed by atoms with Gasteiger partial charge in [-0.05, 0) is 65.8 Å². The minimum atomic E-state index is -1.24. The maximum Gasteiger partial charge on any atom is 0.290 e. The molecule has 0 spiro atoms. The standard InChI is InChI=1S/C35H52N7O8P/c1-2-12-24(31(46)35(50)37-21-28(45)41-30(34(49)42-51)23-15-7-4-8-16-23)38-32(47)25-17-9-10-20-36-26(43)18-11-19-27(44)40-29(33(48)39-25)22-13-5-3-6-14-22/h4,7-8,15-16,22,24-25,29-30H,2-3,5-6,9-14,17-21,51H2,1H3,(H,36,43)(H,37,50)(H,38,47)(H,39,48)(H,40,44)(H,41,45)(H,42,49)/t24?,25-,29-,30-/m0/s1. The van der Waals surface area contributed by atoms with Gasteiger partial charge in [0, 0.05) is 19.4 Å². The third kappa shape index (κ3) is 13.7. The molecule has 1 heterocycles. The van der Waals surface area contributed by atoms with Gasteiger partial charge in [-0.2, -0.15) is 0 Å². The molecular weight excluding hydrogens is 677 g/mol. The van der Waals surface area contributed by atoms with Crippen molar-refractivity contribution in [3.8, 4) is 0 Å². The number of hydrogen-bond donors (Lipinski definition) is 7. The van der Waals surface area contributed by atoms with E-state index >= 15 is 0 Å². The minimum absolute atomic E-state index is 0.0825. The summed E-state index contributed by atoms with van der Waals surface area (Å²) in [6, 6.07) is 4.25. The Hall–Kier alpha value is -4.39. The Morgan fingerprint density at radius 1 is 0.843 bits per heavy atom. The molecule has 3 rings (SSSR count). The highest BCUT2D eigenvalue weighted by atomic mass is 31.0. The van der Waals surface area contributed by atoms with Gasteiger partial charge in [0.2, 0.25) is 41.2 Å². The van der Waals surface area contributed by atoms with E-state index in [1.807, 2.05) is 0 Å². The topological polar surface area (TPSA) is 221 Å². The average Bonchev–Trinajstić information content (AvgIpc) is 3.14. The molecule has 2 unspecified atom stereocenters. The lowest BCUT2D eigenvalue weighted by Gasteiger charge is -2.31. The van der Waals surface area contributed by atoms with Crippen molar-refractivity contribution < 1.29 is 38.4 Å². The van der Waals surface area contributed by atoms with Crippen molar-refractivity contribution in [2.45, 2.75) is 115 Å². The Morgan fingerprint density at radius 2 is 1.53 bits per heavy atom. The zero-order valence-corrected chi connectivity index (χ0v) is 30.4. The number of hydrogen-bond acceptors (Lipinski definition) is 8. The van der Waals surface area contributed by atoms with Crippen LogP contribution in [-0.2, 0) is 38.4 Å². The van der Waals surface area contributed by atoms with E-state index in [-0.39, 0.29) is 43.4 Å². The van der Waals surface area contributed by atoms with Crippen molar-refractivity contribution in [2.24, 2.45) is 5.92 Å². The van der Waals surface area contributed by atoms with E-state index < -0.39 is 66.0 Å². The van der Waals surface area contributed by atoms with E-state index in [9.17, 15) is 38.4 Å². The van der Waals surface area contributed by atoms with Gasteiger partial charge < -0.3 is 37.0 Å². The van der Waals surface area contributed by atoms with Crippen LogP contribution in [0.1, 0.15) is 102 Å². The van der Waals surface area contributed by atoms with Gasteiger partial charge in [-0.3, -0.25) is 38.4 Å². The van der Waals surface area contributed by atoms with Crippen molar-refractivity contribution in [3.05, 3.63) is 35.9 Å². The zero-order valence-electron chi connectivity index (χ0n) is 29.2. The summed E-state index contributed by atoms with van der Waals surface area (Å²) in [5.41, 5.74) is 0.511. The quantitative estimate of drug-likeness (QED) is 0.120. The van der Waals surface area contributed by atoms with Crippen LogP contribution in [0.15, 0.2) is 30.3 Å². The fourth-order valence-corrected chi connectivity index (χ4v) is 6.48. The van der Waals surface area contributed by atoms with Crippen molar-refractivity contribution >= 4 is 56.5 Å². The Morgan fingerprint density at radius 3 is 2.22 bits per heavy atom. The smallest absolute Gasteiger partial charge is 0.290 e. The third-order valence-electron chi connectivity index (χ3n) is 9.09. The largest absolute Gasteiger partial charge is 0.356 e. The molecule has 1 saturated carbocycles. The lowest BCUT2D eigenvalue weighted by atomic mass is 9.83. The van der Waals surface area contributed by atoms with E-state index in [1.54, 1.807) is 37.3 Å². The van der Waals surface area contributed by atoms with Gasteiger partial charge in [0.15, 0.2) is 0 Å². The van der Waals surface area contributed by atoms with Gasteiger partial charge in [-0.1, -0.05) is 62.9 Å². The predicted octanol–water partition coefficient (Wildman–Crippen LogP) is 0.741. The summed E-state index contributed by atoms with van der Waals surface area (Å²) in [6.45, 7) is 1.53. The van der Waals surface area contributed by atoms with Gasteiger partial charge in [-0.25, -0.2) is 0 Å². The van der Waals surface area contributed by atoms with Crippen LogP contribution in [0.2, 0.25) is 0 Å². The summed E-state index contributed by atoms with van der Waals surface area (Å²) >= 11 is 0. The molecule has 1 aliphatic heterocycles. The molecule has 2 fully saturated rings. The Bertz CT molecular complexity index is 1390. The van der Waals surface area contributed by atoms with Crippen LogP contribution in [0.25, 0.3) is 0 Å². The summed E-state index contributed by atoms with van der Waals surface area (Å²) < 4.78 is 0. The molecule has 51 heavy (non-hydrogen) atoms. The number of carbonyl (C=O) groups excluding carboxylic acids is 8. The van der Waals surface area contributed by atoms with Crippen LogP contribution in [0, 0.1) is 5.92 Å². The summed E-state index contributed by atoms with van der Waals surface area (Å²) in [4.78, 5) is 104. The number of amides is 7. The van der Waals surface area contributed by atoms with Crippen molar-refractivity contribution in [3.63, 3.8) is 0 Å². The Kier molecular flexibility index (Phi) is 17.5. The SMILES string of the molecule is CCCC(NC(=O)[C@@H]1CCCCNC(=O)CCCC(=O)N[C@@H](C2CCCCC2)C(=O)N1)C(=O)C(=O)NCC(=O)N[C@H](C(=O)NP)c1ccccc1. The number of Topliss-reactive ketones (excluding diaryl/α,β-unsaturated/α-hetero) is 1. The summed E-state index contributed by atoms with van der Waals surface area (Å²) in [6.07, 6.45) is 6.69. The summed E-state index contributed by atoms with van der Waals surface area (Å²) in [7, 11) is 2.07. The molecule has 0 radical (unpaired) electrons. The van der Waals surface area contributed by atoms with Crippen LogP contribution < -0.4 is 37.0 Å². The van der Waals surface area contributed by atoms with E-state index in [4.69, 9.17) is 0 Å². The molecule has 7 amide bonds. The van der Waals surface area contributed by atoms with Crippen LogP contribution in [0.3, 0.4) is 0 Å². The second-order valence-electron chi connectivity index (χ2n) is 13.0. The first kappa shape index (κ1) is 41.0. The van der Waals surface area contributed by atoms with Crippen molar-refractivity contribution in [2.75, 3.05) is 13.1 Å². The lowest BCUT2D eigenvalue weighted by molar-refractivity contribution is -0.141. The molecule has 280 valence electrons. The van der Waals surface area contributed by atoms with E-state index in [1.165, 1.54) is 0 Å². The Labute approximate surface area is 301 Å². The molecule has 7 N–H and O–H groups in total. The minimum Gasteiger partial charge on any atom is -0.356 e. The number of rotatable bonds is 12. The first-order valence-electron chi connectivity index (χ1n) is 17.9. The van der Waals surface area contributed by atoms with Gasteiger partial charge in [0.1, 0.15) is 18.1 Å². The number of benzene rings is 1. The number of carbonyl (C=O) groups is 8. The van der Waals surface area contributed by atoms with E-state index in [0.717, 1.165) is 32.1 Å². The molecule has 15 nitrogen and oxygen atoms in total. The number of ketones is 1. The molecule has 1 aliphatic carbocycles. The maximum absolute atomic E-state index is 13.7. The maximum atomic E-state index is 13.7. The monoisotopic (exact) mass is 729 g/mol. The first-order chi connectivity index (χ1) is 24.5. The third-order valence-corrected chi connectivity index (χ3v) is 9.37. The molecule has 0 aromatic heterocycles. The second-order valence-corrected chi connectivity index (χ2v) is 13.3. The first-order valence-corrected chi connectivity index (χ1v) is 18.4. The average molecular weight is 730 g/mol. The van der Waals surface area contributed by atoms with Gasteiger partial charge in [0.05, 0.1) is 12.6 Å². The Balaban J connectivity index is 1.69. The normalized spacial score (nSPS) is 20.8. The van der Waals surface area contributed by atoms with Crippen LogP contribution in [-0.4, -0.2) is 78.3 Å². The predicted molar refractivity (Wildman–Crippen MR) is 191 cm³/mol. The molecule has 0 bridgehead atoms. The van der Waals surface area contributed by atoms with E-state index in [2.05, 4.69) is 46.4 Å². The lowest BCUT2D eigenvalue weighted by Crippen LogP contribution is -2.58. The molecule has 1 aromatic rings.